The van der Waals surface area contributed by atoms with Crippen LogP contribution in [-0.2, 0) is 4.79 Å². The highest BCUT2D eigenvalue weighted by molar-refractivity contribution is 5.79. The van der Waals surface area contributed by atoms with E-state index in [4.69, 9.17) is 5.73 Å². The lowest BCUT2D eigenvalue weighted by Crippen LogP contribution is -2.31. The highest BCUT2D eigenvalue weighted by Crippen LogP contribution is 2.23. The third-order valence-electron chi connectivity index (χ3n) is 3.89. The SMILES string of the molecule is CC(C)(CCCCCCN1CCCC1)C(N)=O. The van der Waals surface area contributed by atoms with Gasteiger partial charge in [0.05, 0.1) is 0 Å². The molecule has 0 spiro atoms. The molecule has 0 aromatic heterocycles. The Morgan fingerprint density at radius 3 is 2.29 bits per heavy atom. The number of hydrogen-bond donors (Lipinski definition) is 1. The van der Waals surface area contributed by atoms with Crippen molar-refractivity contribution < 1.29 is 4.79 Å². The predicted octanol–water partition coefficient (Wildman–Crippen LogP) is 2.54. The van der Waals surface area contributed by atoms with E-state index in [0.717, 1.165) is 12.8 Å². The highest BCUT2D eigenvalue weighted by Gasteiger charge is 2.23. The van der Waals surface area contributed by atoms with Crippen molar-refractivity contribution in [3.8, 4) is 0 Å². The van der Waals surface area contributed by atoms with Crippen molar-refractivity contribution in [3.63, 3.8) is 0 Å². The molecule has 0 unspecified atom stereocenters. The lowest BCUT2D eigenvalue weighted by atomic mass is 9.86. The maximum absolute atomic E-state index is 11.1. The number of carbonyl (C=O) groups is 1. The minimum Gasteiger partial charge on any atom is -0.369 e. The van der Waals surface area contributed by atoms with Crippen molar-refractivity contribution in [1.82, 2.24) is 4.90 Å². The van der Waals surface area contributed by atoms with E-state index in [1.54, 1.807) is 0 Å². The molecule has 1 heterocycles. The summed E-state index contributed by atoms with van der Waals surface area (Å²) in [5.41, 5.74) is 5.02. The first-order valence-electron chi connectivity index (χ1n) is 7.05. The zero-order valence-corrected chi connectivity index (χ0v) is 11.5. The number of amides is 1. The fraction of sp³-hybridized carbons (Fsp3) is 0.929. The summed E-state index contributed by atoms with van der Waals surface area (Å²) in [7, 11) is 0. The van der Waals surface area contributed by atoms with E-state index in [1.165, 1.54) is 51.7 Å². The molecule has 0 saturated carbocycles. The van der Waals surface area contributed by atoms with Gasteiger partial charge in [-0.1, -0.05) is 33.1 Å². The van der Waals surface area contributed by atoms with E-state index in [-0.39, 0.29) is 11.3 Å². The number of rotatable bonds is 8. The van der Waals surface area contributed by atoms with Gasteiger partial charge in [-0.25, -0.2) is 0 Å². The molecule has 100 valence electrons. The van der Waals surface area contributed by atoms with E-state index in [2.05, 4.69) is 4.90 Å². The lowest BCUT2D eigenvalue weighted by molar-refractivity contribution is -0.126. The van der Waals surface area contributed by atoms with Gasteiger partial charge in [0.15, 0.2) is 0 Å². The van der Waals surface area contributed by atoms with Crippen molar-refractivity contribution in [3.05, 3.63) is 0 Å². The number of nitrogens with zero attached hydrogens (tertiary/aromatic N) is 1. The molecule has 0 aromatic rings. The van der Waals surface area contributed by atoms with Gasteiger partial charge >= 0.3 is 0 Å². The Bertz CT molecular complexity index is 232. The van der Waals surface area contributed by atoms with Crippen LogP contribution in [0.4, 0.5) is 0 Å². The molecule has 0 atom stereocenters. The van der Waals surface area contributed by atoms with Crippen LogP contribution in [0.2, 0.25) is 0 Å². The summed E-state index contributed by atoms with van der Waals surface area (Å²) in [6, 6.07) is 0. The number of primary amides is 1. The van der Waals surface area contributed by atoms with Crippen LogP contribution in [0.25, 0.3) is 0 Å². The zero-order chi connectivity index (χ0) is 12.7. The van der Waals surface area contributed by atoms with Crippen LogP contribution in [0.15, 0.2) is 0 Å². The summed E-state index contributed by atoms with van der Waals surface area (Å²) in [4.78, 5) is 13.7. The Labute approximate surface area is 106 Å². The standard InChI is InChI=1S/C14H28N2O/c1-14(2,13(15)17)9-5-3-4-6-10-16-11-7-8-12-16/h3-12H2,1-2H3,(H2,15,17). The van der Waals surface area contributed by atoms with Gasteiger partial charge in [0, 0.05) is 5.41 Å². The molecule has 0 bridgehead atoms. The van der Waals surface area contributed by atoms with Crippen molar-refractivity contribution in [2.24, 2.45) is 11.1 Å². The average molecular weight is 240 g/mol. The average Bonchev–Trinajstić information content (AvgIpc) is 2.75. The molecule has 3 heteroatoms. The van der Waals surface area contributed by atoms with Crippen molar-refractivity contribution in [2.45, 2.75) is 58.8 Å². The fourth-order valence-corrected chi connectivity index (χ4v) is 2.39. The summed E-state index contributed by atoms with van der Waals surface area (Å²) in [6.07, 6.45) is 8.62. The molecule has 17 heavy (non-hydrogen) atoms. The topological polar surface area (TPSA) is 46.3 Å². The molecule has 0 aliphatic carbocycles. The second-order valence-electron chi connectivity index (χ2n) is 5.96. The summed E-state index contributed by atoms with van der Waals surface area (Å²) < 4.78 is 0. The molecule has 0 radical (unpaired) electrons. The normalized spacial score (nSPS) is 17.5. The van der Waals surface area contributed by atoms with Crippen LogP contribution in [0.3, 0.4) is 0 Å². The molecule has 1 amide bonds. The number of hydrogen-bond acceptors (Lipinski definition) is 2. The predicted molar refractivity (Wildman–Crippen MR) is 71.7 cm³/mol. The smallest absolute Gasteiger partial charge is 0.223 e. The first-order chi connectivity index (χ1) is 8.02. The fourth-order valence-electron chi connectivity index (χ4n) is 2.39. The first kappa shape index (κ1) is 14.5. The van der Waals surface area contributed by atoms with E-state index < -0.39 is 0 Å². The number of nitrogens with two attached hydrogens (primary N) is 1. The van der Waals surface area contributed by atoms with Crippen molar-refractivity contribution in [1.29, 1.82) is 0 Å². The van der Waals surface area contributed by atoms with Gasteiger partial charge in [0.2, 0.25) is 5.91 Å². The molecule has 2 N–H and O–H groups in total. The van der Waals surface area contributed by atoms with Crippen LogP contribution < -0.4 is 5.73 Å². The molecule has 3 nitrogen and oxygen atoms in total. The number of likely N-dealkylation sites (tertiary alicyclic amines) is 1. The maximum atomic E-state index is 11.1. The minimum atomic E-state index is -0.324. The van der Waals surface area contributed by atoms with Crippen molar-refractivity contribution in [2.75, 3.05) is 19.6 Å². The molecule has 1 fully saturated rings. The maximum Gasteiger partial charge on any atom is 0.223 e. The van der Waals surface area contributed by atoms with E-state index in [1.807, 2.05) is 13.8 Å². The monoisotopic (exact) mass is 240 g/mol. The molecular weight excluding hydrogens is 212 g/mol. The second-order valence-corrected chi connectivity index (χ2v) is 5.96. The molecular formula is C14H28N2O. The van der Waals surface area contributed by atoms with Crippen molar-refractivity contribution >= 4 is 5.91 Å². The molecule has 1 aliphatic rings. The molecule has 1 saturated heterocycles. The third kappa shape index (κ3) is 5.53. The molecule has 0 aromatic carbocycles. The minimum absolute atomic E-state index is 0.172. The number of carbonyl (C=O) groups excluding carboxylic acids is 1. The van der Waals surface area contributed by atoms with Crippen LogP contribution in [0.1, 0.15) is 58.8 Å². The largest absolute Gasteiger partial charge is 0.369 e. The highest BCUT2D eigenvalue weighted by atomic mass is 16.1. The van der Waals surface area contributed by atoms with E-state index in [0.29, 0.717) is 0 Å². The second kappa shape index (κ2) is 7.00. The van der Waals surface area contributed by atoms with Crippen LogP contribution in [0, 0.1) is 5.41 Å². The van der Waals surface area contributed by atoms with Gasteiger partial charge in [0.1, 0.15) is 0 Å². The van der Waals surface area contributed by atoms with Crippen LogP contribution >= 0.6 is 0 Å². The van der Waals surface area contributed by atoms with E-state index in [9.17, 15) is 4.79 Å². The lowest BCUT2D eigenvalue weighted by Gasteiger charge is -2.20. The first-order valence-corrected chi connectivity index (χ1v) is 7.05. The summed E-state index contributed by atoms with van der Waals surface area (Å²) in [5.74, 6) is -0.172. The summed E-state index contributed by atoms with van der Waals surface area (Å²) in [5, 5.41) is 0. The van der Waals surface area contributed by atoms with Gasteiger partial charge in [-0.15, -0.1) is 0 Å². The summed E-state index contributed by atoms with van der Waals surface area (Å²) >= 11 is 0. The quantitative estimate of drug-likeness (QED) is 0.663. The number of unbranched alkanes of at least 4 members (excludes halogenated alkanes) is 3. The Balaban J connectivity index is 1.95. The Hall–Kier alpha value is -0.570. The van der Waals surface area contributed by atoms with Crippen LogP contribution in [0.5, 0.6) is 0 Å². The summed E-state index contributed by atoms with van der Waals surface area (Å²) in [6.45, 7) is 7.75. The van der Waals surface area contributed by atoms with Gasteiger partial charge in [-0.05, 0) is 45.3 Å². The zero-order valence-electron chi connectivity index (χ0n) is 11.5. The van der Waals surface area contributed by atoms with Gasteiger partial charge in [-0.3, -0.25) is 4.79 Å². The third-order valence-corrected chi connectivity index (χ3v) is 3.89. The van der Waals surface area contributed by atoms with Gasteiger partial charge < -0.3 is 10.6 Å². The van der Waals surface area contributed by atoms with Gasteiger partial charge in [-0.2, -0.15) is 0 Å². The Morgan fingerprint density at radius 1 is 1.12 bits per heavy atom. The van der Waals surface area contributed by atoms with Crippen LogP contribution in [-0.4, -0.2) is 30.4 Å². The van der Waals surface area contributed by atoms with Gasteiger partial charge in [0.25, 0.3) is 0 Å². The van der Waals surface area contributed by atoms with E-state index >= 15 is 0 Å². The molecule has 1 aliphatic heterocycles. The Kier molecular flexibility index (Phi) is 5.96. The molecule has 1 rings (SSSR count). The Morgan fingerprint density at radius 2 is 1.71 bits per heavy atom.